The normalized spacial score (nSPS) is 19.0. The number of hydrogen-bond acceptors (Lipinski definition) is 4. The lowest BCUT2D eigenvalue weighted by molar-refractivity contribution is 0.0445. The van der Waals surface area contributed by atoms with E-state index in [2.05, 4.69) is 23.6 Å². The van der Waals surface area contributed by atoms with E-state index in [1.54, 1.807) is 7.11 Å². The van der Waals surface area contributed by atoms with Gasteiger partial charge in [0.05, 0.1) is 19.3 Å². The number of aliphatic hydroxyl groups is 1. The van der Waals surface area contributed by atoms with Gasteiger partial charge in [-0.1, -0.05) is 18.2 Å². The maximum absolute atomic E-state index is 10.2. The van der Waals surface area contributed by atoms with Gasteiger partial charge >= 0.3 is 0 Å². The van der Waals surface area contributed by atoms with Crippen LogP contribution in [0.1, 0.15) is 31.2 Å². The Bertz CT molecular complexity index is 454. The Morgan fingerprint density at radius 2 is 2.22 bits per heavy atom. The van der Waals surface area contributed by atoms with E-state index in [0.29, 0.717) is 12.6 Å². The highest BCUT2D eigenvalue weighted by Crippen LogP contribution is 2.17. The Hall–Kier alpha value is -1.36. The van der Waals surface area contributed by atoms with Crippen LogP contribution >= 0.6 is 0 Å². The van der Waals surface area contributed by atoms with Crippen molar-refractivity contribution in [1.29, 1.82) is 0 Å². The van der Waals surface area contributed by atoms with Crippen molar-refractivity contribution in [3.05, 3.63) is 42.5 Å². The maximum atomic E-state index is 10.2. The summed E-state index contributed by atoms with van der Waals surface area (Å²) in [5, 5.41) is 10.2. The average molecular weight is 319 g/mol. The van der Waals surface area contributed by atoms with Gasteiger partial charge < -0.3 is 14.6 Å². The van der Waals surface area contributed by atoms with Crippen LogP contribution in [0.2, 0.25) is 0 Å². The zero-order valence-electron chi connectivity index (χ0n) is 14.1. The molecule has 0 radical (unpaired) electrons. The molecule has 1 heterocycles. The van der Waals surface area contributed by atoms with Crippen molar-refractivity contribution in [2.45, 2.75) is 44.4 Å². The zero-order valence-corrected chi connectivity index (χ0v) is 14.1. The molecule has 128 valence electrons. The highest BCUT2D eigenvalue weighted by atomic mass is 16.5. The van der Waals surface area contributed by atoms with Gasteiger partial charge in [-0.25, -0.2) is 0 Å². The van der Waals surface area contributed by atoms with Crippen LogP contribution in [0.4, 0.5) is 0 Å². The SMILES string of the molecule is C=CCCC(O)CN(Cc1ccc(OC)cc1)CC1CCCO1. The van der Waals surface area contributed by atoms with Crippen LogP contribution in [0.3, 0.4) is 0 Å². The van der Waals surface area contributed by atoms with Crippen LogP contribution in [0.15, 0.2) is 36.9 Å². The fraction of sp³-hybridized carbons (Fsp3) is 0.579. The second kappa shape index (κ2) is 9.71. The molecule has 1 saturated heterocycles. The molecule has 0 bridgehead atoms. The summed E-state index contributed by atoms with van der Waals surface area (Å²) in [5.41, 5.74) is 1.22. The van der Waals surface area contributed by atoms with E-state index in [-0.39, 0.29) is 6.10 Å². The quantitative estimate of drug-likeness (QED) is 0.673. The van der Waals surface area contributed by atoms with Gasteiger partial charge in [-0.05, 0) is 43.4 Å². The van der Waals surface area contributed by atoms with Gasteiger partial charge in [-0.15, -0.1) is 6.58 Å². The molecule has 1 aromatic carbocycles. The highest BCUT2D eigenvalue weighted by Gasteiger charge is 2.21. The van der Waals surface area contributed by atoms with Crippen LogP contribution in [0.25, 0.3) is 0 Å². The molecule has 1 N–H and O–H groups in total. The number of allylic oxidation sites excluding steroid dienone is 1. The molecule has 1 fully saturated rings. The molecule has 23 heavy (non-hydrogen) atoms. The van der Waals surface area contributed by atoms with Gasteiger partial charge in [0.15, 0.2) is 0 Å². The van der Waals surface area contributed by atoms with Crippen LogP contribution in [0, 0.1) is 0 Å². The average Bonchev–Trinajstić information content (AvgIpc) is 3.06. The Morgan fingerprint density at radius 1 is 1.43 bits per heavy atom. The maximum Gasteiger partial charge on any atom is 0.118 e. The van der Waals surface area contributed by atoms with Crippen LogP contribution in [-0.4, -0.2) is 49.0 Å². The molecule has 0 amide bonds. The standard InChI is InChI=1S/C19H29NO3/c1-3-4-6-17(21)14-20(15-19-7-5-12-23-19)13-16-8-10-18(22-2)11-9-16/h3,8-11,17,19,21H,1,4-7,12-15H2,2H3. The van der Waals surface area contributed by atoms with Crippen LogP contribution in [0.5, 0.6) is 5.75 Å². The number of nitrogens with zero attached hydrogens (tertiary/aromatic N) is 1. The summed E-state index contributed by atoms with van der Waals surface area (Å²) in [6, 6.07) is 8.12. The van der Waals surface area contributed by atoms with E-state index in [4.69, 9.17) is 9.47 Å². The number of hydrogen-bond donors (Lipinski definition) is 1. The minimum absolute atomic E-state index is 0.292. The molecule has 2 rings (SSSR count). The molecular formula is C19H29NO3. The molecule has 0 saturated carbocycles. The molecule has 2 unspecified atom stereocenters. The number of aliphatic hydroxyl groups excluding tert-OH is 1. The summed E-state index contributed by atoms with van der Waals surface area (Å²) >= 11 is 0. The molecule has 0 aromatic heterocycles. The van der Waals surface area contributed by atoms with E-state index in [0.717, 1.165) is 51.1 Å². The van der Waals surface area contributed by atoms with Gasteiger partial charge in [-0.2, -0.15) is 0 Å². The van der Waals surface area contributed by atoms with Crippen molar-refractivity contribution in [3.63, 3.8) is 0 Å². The van der Waals surface area contributed by atoms with E-state index in [9.17, 15) is 5.11 Å². The van der Waals surface area contributed by atoms with E-state index >= 15 is 0 Å². The minimum Gasteiger partial charge on any atom is -0.497 e. The van der Waals surface area contributed by atoms with E-state index < -0.39 is 0 Å². The Balaban J connectivity index is 1.94. The lowest BCUT2D eigenvalue weighted by Crippen LogP contribution is -2.37. The molecule has 1 aliphatic heterocycles. The predicted molar refractivity (Wildman–Crippen MR) is 92.7 cm³/mol. The highest BCUT2D eigenvalue weighted by molar-refractivity contribution is 5.27. The summed E-state index contributed by atoms with van der Waals surface area (Å²) in [7, 11) is 1.68. The van der Waals surface area contributed by atoms with Crippen molar-refractivity contribution >= 4 is 0 Å². The number of benzene rings is 1. The monoisotopic (exact) mass is 319 g/mol. The van der Waals surface area contributed by atoms with E-state index in [1.807, 2.05) is 18.2 Å². The number of rotatable bonds is 10. The molecular weight excluding hydrogens is 290 g/mol. The number of ether oxygens (including phenoxy) is 2. The van der Waals surface area contributed by atoms with Gasteiger partial charge in [0, 0.05) is 26.2 Å². The Labute approximate surface area is 139 Å². The second-order valence-electron chi connectivity index (χ2n) is 6.20. The van der Waals surface area contributed by atoms with Crippen LogP contribution in [-0.2, 0) is 11.3 Å². The summed E-state index contributed by atoms with van der Waals surface area (Å²) in [6.45, 7) is 6.94. The third-order valence-electron chi connectivity index (χ3n) is 4.22. The first-order valence-corrected chi connectivity index (χ1v) is 8.47. The topological polar surface area (TPSA) is 41.9 Å². The summed E-state index contributed by atoms with van der Waals surface area (Å²) < 4.78 is 11.0. The predicted octanol–water partition coefficient (Wildman–Crippen LogP) is 3.00. The fourth-order valence-corrected chi connectivity index (χ4v) is 2.97. The zero-order chi connectivity index (χ0) is 16.5. The fourth-order valence-electron chi connectivity index (χ4n) is 2.97. The van der Waals surface area contributed by atoms with E-state index in [1.165, 1.54) is 5.56 Å². The molecule has 2 atom stereocenters. The van der Waals surface area contributed by atoms with Crippen molar-refractivity contribution < 1.29 is 14.6 Å². The first-order chi connectivity index (χ1) is 11.2. The molecule has 0 aliphatic carbocycles. The van der Waals surface area contributed by atoms with Crippen molar-refractivity contribution in [1.82, 2.24) is 4.90 Å². The smallest absolute Gasteiger partial charge is 0.118 e. The first-order valence-electron chi connectivity index (χ1n) is 8.47. The molecule has 1 aromatic rings. The lowest BCUT2D eigenvalue weighted by atomic mass is 10.1. The Kier molecular flexibility index (Phi) is 7.59. The number of methoxy groups -OCH3 is 1. The third kappa shape index (κ3) is 6.34. The van der Waals surface area contributed by atoms with Gasteiger partial charge in [-0.3, -0.25) is 4.90 Å². The Morgan fingerprint density at radius 3 is 2.83 bits per heavy atom. The van der Waals surface area contributed by atoms with Gasteiger partial charge in [0.2, 0.25) is 0 Å². The van der Waals surface area contributed by atoms with Gasteiger partial charge in [0.25, 0.3) is 0 Å². The molecule has 4 heteroatoms. The summed E-state index contributed by atoms with van der Waals surface area (Å²) in [6.07, 6.45) is 5.68. The minimum atomic E-state index is -0.326. The van der Waals surface area contributed by atoms with Crippen molar-refractivity contribution in [2.24, 2.45) is 0 Å². The second-order valence-corrected chi connectivity index (χ2v) is 6.20. The summed E-state index contributed by atoms with van der Waals surface area (Å²) in [5.74, 6) is 0.866. The summed E-state index contributed by atoms with van der Waals surface area (Å²) in [4.78, 5) is 2.30. The van der Waals surface area contributed by atoms with Crippen LogP contribution < -0.4 is 4.74 Å². The molecule has 1 aliphatic rings. The van der Waals surface area contributed by atoms with Gasteiger partial charge in [0.1, 0.15) is 5.75 Å². The van der Waals surface area contributed by atoms with Crippen molar-refractivity contribution in [3.8, 4) is 5.75 Å². The lowest BCUT2D eigenvalue weighted by Gasteiger charge is -2.27. The first kappa shape index (κ1) is 18.0. The molecule has 0 spiro atoms. The van der Waals surface area contributed by atoms with Crippen molar-refractivity contribution in [2.75, 3.05) is 26.8 Å². The largest absolute Gasteiger partial charge is 0.497 e. The molecule has 4 nitrogen and oxygen atoms in total. The third-order valence-corrected chi connectivity index (χ3v) is 4.22.